The van der Waals surface area contributed by atoms with Crippen molar-refractivity contribution in [2.24, 2.45) is 0 Å². The summed E-state index contributed by atoms with van der Waals surface area (Å²) >= 11 is 5.10. The molecule has 4 rings (SSSR count). The fourth-order valence-corrected chi connectivity index (χ4v) is 3.74. The maximum absolute atomic E-state index is 12.7. The summed E-state index contributed by atoms with van der Waals surface area (Å²) in [6.45, 7) is 2.50. The molecule has 0 saturated carbocycles. The van der Waals surface area contributed by atoms with Crippen molar-refractivity contribution in [2.75, 3.05) is 5.32 Å². The van der Waals surface area contributed by atoms with Crippen molar-refractivity contribution in [2.45, 2.75) is 13.5 Å². The number of amides is 1. The third-order valence-corrected chi connectivity index (χ3v) is 5.30. The second-order valence-electron chi connectivity index (χ2n) is 5.60. The van der Waals surface area contributed by atoms with Gasteiger partial charge in [0.15, 0.2) is 5.76 Å². The molecule has 126 valence electrons. The van der Waals surface area contributed by atoms with Gasteiger partial charge in [0, 0.05) is 26.4 Å². The van der Waals surface area contributed by atoms with Crippen LogP contribution in [-0.2, 0) is 6.54 Å². The summed E-state index contributed by atoms with van der Waals surface area (Å²) in [7, 11) is 0. The number of nitrogens with one attached hydrogen (secondary N) is 1. The molecule has 0 fully saturated rings. The molecule has 1 amide bonds. The third-order valence-electron chi connectivity index (χ3n) is 3.95. The Morgan fingerprint density at radius 2 is 2.24 bits per heavy atom. The van der Waals surface area contributed by atoms with Gasteiger partial charge >= 0.3 is 0 Å². The first-order valence-corrected chi connectivity index (χ1v) is 9.33. The Morgan fingerprint density at radius 3 is 3.04 bits per heavy atom. The number of benzene rings is 1. The lowest BCUT2D eigenvalue weighted by molar-refractivity contribution is 0.0997. The number of hydrogen-bond acceptors (Lipinski definition) is 4. The highest BCUT2D eigenvalue weighted by molar-refractivity contribution is 9.10. The van der Waals surface area contributed by atoms with E-state index < -0.39 is 0 Å². The lowest BCUT2D eigenvalue weighted by Crippen LogP contribution is -2.16. The Labute approximate surface area is 156 Å². The van der Waals surface area contributed by atoms with Gasteiger partial charge in [-0.15, -0.1) is 11.3 Å². The van der Waals surface area contributed by atoms with Gasteiger partial charge in [0.1, 0.15) is 11.4 Å². The van der Waals surface area contributed by atoms with E-state index >= 15 is 0 Å². The van der Waals surface area contributed by atoms with Crippen molar-refractivity contribution in [1.29, 1.82) is 0 Å². The summed E-state index contributed by atoms with van der Waals surface area (Å²) in [6, 6.07) is 11.5. The number of fused-ring (bicyclic) bond motifs is 1. The van der Waals surface area contributed by atoms with Crippen molar-refractivity contribution >= 4 is 50.0 Å². The van der Waals surface area contributed by atoms with Crippen molar-refractivity contribution in [3.63, 3.8) is 0 Å². The van der Waals surface area contributed by atoms with Gasteiger partial charge in [-0.2, -0.15) is 5.10 Å². The average molecular weight is 416 g/mol. The molecule has 0 aliphatic rings. The average Bonchev–Trinajstić information content (AvgIpc) is 3.31. The topological polar surface area (TPSA) is 60.1 Å². The molecule has 0 aliphatic carbocycles. The molecule has 4 aromatic rings. The molecule has 0 atom stereocenters. The number of furan rings is 1. The van der Waals surface area contributed by atoms with E-state index in [1.807, 2.05) is 42.6 Å². The SMILES string of the molecule is Cc1c(C(=O)Nc2ccnn2Cc2cccs2)oc2ccc(Br)cc12. The minimum atomic E-state index is -0.280. The summed E-state index contributed by atoms with van der Waals surface area (Å²) in [4.78, 5) is 13.9. The number of rotatable bonds is 4. The van der Waals surface area contributed by atoms with Crippen LogP contribution in [0.15, 0.2) is 56.9 Å². The number of nitrogens with zero attached hydrogens (tertiary/aromatic N) is 2. The molecule has 0 bridgehead atoms. The molecule has 0 unspecified atom stereocenters. The zero-order chi connectivity index (χ0) is 17.4. The number of aromatic nitrogens is 2. The van der Waals surface area contributed by atoms with E-state index in [0.29, 0.717) is 23.7 Å². The second kappa shape index (κ2) is 6.50. The van der Waals surface area contributed by atoms with Gasteiger partial charge in [0.25, 0.3) is 5.91 Å². The highest BCUT2D eigenvalue weighted by Gasteiger charge is 2.19. The van der Waals surface area contributed by atoms with Crippen LogP contribution in [0, 0.1) is 6.92 Å². The minimum Gasteiger partial charge on any atom is -0.451 e. The second-order valence-corrected chi connectivity index (χ2v) is 7.55. The first-order chi connectivity index (χ1) is 12.1. The molecule has 0 radical (unpaired) electrons. The molecular formula is C18H14BrN3O2S. The van der Waals surface area contributed by atoms with Crippen LogP contribution in [0.4, 0.5) is 5.82 Å². The molecule has 3 aromatic heterocycles. The van der Waals surface area contributed by atoms with Gasteiger partial charge in [-0.25, -0.2) is 4.68 Å². The van der Waals surface area contributed by atoms with Crippen molar-refractivity contribution < 1.29 is 9.21 Å². The fraction of sp³-hybridized carbons (Fsp3) is 0.111. The summed E-state index contributed by atoms with van der Waals surface area (Å²) in [5.74, 6) is 0.675. The summed E-state index contributed by atoms with van der Waals surface area (Å²) in [5.41, 5.74) is 1.51. The van der Waals surface area contributed by atoms with Crippen LogP contribution < -0.4 is 5.32 Å². The Hall–Kier alpha value is -2.38. The number of carbonyl (C=O) groups is 1. The Kier molecular flexibility index (Phi) is 4.19. The number of hydrogen-bond donors (Lipinski definition) is 1. The van der Waals surface area contributed by atoms with Crippen LogP contribution in [-0.4, -0.2) is 15.7 Å². The van der Waals surface area contributed by atoms with Crippen molar-refractivity contribution in [3.8, 4) is 0 Å². The van der Waals surface area contributed by atoms with E-state index in [4.69, 9.17) is 4.42 Å². The minimum absolute atomic E-state index is 0.280. The Morgan fingerprint density at radius 1 is 1.36 bits per heavy atom. The number of carbonyl (C=O) groups excluding carboxylic acids is 1. The van der Waals surface area contributed by atoms with Gasteiger partial charge in [-0.3, -0.25) is 4.79 Å². The molecule has 0 spiro atoms. The number of halogens is 1. The molecule has 5 nitrogen and oxygen atoms in total. The van der Waals surface area contributed by atoms with Gasteiger partial charge in [-0.1, -0.05) is 22.0 Å². The van der Waals surface area contributed by atoms with Crippen LogP contribution in [0.5, 0.6) is 0 Å². The lowest BCUT2D eigenvalue weighted by atomic mass is 10.1. The largest absolute Gasteiger partial charge is 0.451 e. The van der Waals surface area contributed by atoms with Crippen molar-refractivity contribution in [3.05, 3.63) is 68.6 Å². The van der Waals surface area contributed by atoms with Crippen molar-refractivity contribution in [1.82, 2.24) is 9.78 Å². The van der Waals surface area contributed by atoms with Gasteiger partial charge in [-0.05, 0) is 36.6 Å². The maximum atomic E-state index is 12.7. The summed E-state index contributed by atoms with van der Waals surface area (Å²) in [6.07, 6.45) is 1.67. The van der Waals surface area contributed by atoms with Gasteiger partial charge < -0.3 is 9.73 Å². The van der Waals surface area contributed by atoms with E-state index in [1.54, 1.807) is 28.3 Å². The predicted molar refractivity (Wildman–Crippen MR) is 102 cm³/mol. The number of aryl methyl sites for hydroxylation is 1. The molecule has 25 heavy (non-hydrogen) atoms. The van der Waals surface area contributed by atoms with Crippen LogP contribution in [0.3, 0.4) is 0 Å². The first kappa shape index (κ1) is 16.1. The highest BCUT2D eigenvalue weighted by Crippen LogP contribution is 2.28. The lowest BCUT2D eigenvalue weighted by Gasteiger charge is -2.07. The Balaban J connectivity index is 1.61. The van der Waals surface area contributed by atoms with E-state index in [9.17, 15) is 4.79 Å². The van der Waals surface area contributed by atoms with E-state index in [0.717, 1.165) is 15.4 Å². The normalized spacial score (nSPS) is 11.1. The third kappa shape index (κ3) is 3.12. The monoisotopic (exact) mass is 415 g/mol. The zero-order valence-electron chi connectivity index (χ0n) is 13.3. The van der Waals surface area contributed by atoms with E-state index in [1.165, 1.54) is 4.88 Å². The molecule has 7 heteroatoms. The molecule has 0 aliphatic heterocycles. The maximum Gasteiger partial charge on any atom is 0.292 e. The summed E-state index contributed by atoms with van der Waals surface area (Å²) < 4.78 is 8.46. The smallest absolute Gasteiger partial charge is 0.292 e. The first-order valence-electron chi connectivity index (χ1n) is 7.66. The van der Waals surface area contributed by atoms with Crippen LogP contribution in [0.2, 0.25) is 0 Å². The number of thiophene rings is 1. The predicted octanol–water partition coefficient (Wildman–Crippen LogP) is 5.06. The van der Waals surface area contributed by atoms with Gasteiger partial charge in [0.05, 0.1) is 12.7 Å². The summed E-state index contributed by atoms with van der Waals surface area (Å²) in [5, 5.41) is 10.1. The molecule has 3 heterocycles. The number of anilines is 1. The molecule has 0 saturated heterocycles. The molecule has 1 aromatic carbocycles. The molecule has 1 N–H and O–H groups in total. The molecular weight excluding hydrogens is 402 g/mol. The quantitative estimate of drug-likeness (QED) is 0.506. The van der Waals surface area contributed by atoms with Crippen LogP contribution in [0.25, 0.3) is 11.0 Å². The highest BCUT2D eigenvalue weighted by atomic mass is 79.9. The standard InChI is InChI=1S/C18H14BrN3O2S/c1-11-14-9-12(19)4-5-15(14)24-17(11)18(23)21-16-6-7-20-22(16)10-13-3-2-8-25-13/h2-9H,10H2,1H3,(H,21,23). The fourth-order valence-electron chi connectivity index (χ4n) is 2.70. The van der Waals surface area contributed by atoms with E-state index in [-0.39, 0.29) is 5.91 Å². The van der Waals surface area contributed by atoms with Gasteiger partial charge in [0.2, 0.25) is 0 Å². The van der Waals surface area contributed by atoms with E-state index in [2.05, 4.69) is 26.3 Å². The Bertz CT molecular complexity index is 1050. The van der Waals surface area contributed by atoms with Crippen LogP contribution in [0.1, 0.15) is 21.0 Å². The van der Waals surface area contributed by atoms with Crippen LogP contribution >= 0.6 is 27.3 Å². The zero-order valence-corrected chi connectivity index (χ0v) is 15.7.